The third kappa shape index (κ3) is 5.03. The molecule has 0 atom stereocenters. The first kappa shape index (κ1) is 20.2. The van der Waals surface area contributed by atoms with Gasteiger partial charge in [0, 0.05) is 5.56 Å². The Morgan fingerprint density at radius 2 is 1.69 bits per heavy atom. The fourth-order valence-electron chi connectivity index (χ4n) is 2.33. The highest BCUT2D eigenvalue weighted by Crippen LogP contribution is 2.16. The third-order valence-corrected chi connectivity index (χ3v) is 5.19. The minimum atomic E-state index is -4.22. The summed E-state index contributed by atoms with van der Waals surface area (Å²) in [7, 11) is -4.22. The molecule has 0 unspecified atom stereocenters. The number of aromatic nitrogens is 2. The first-order valence-corrected chi connectivity index (χ1v) is 9.79. The van der Waals surface area contributed by atoms with Crippen molar-refractivity contribution in [3.05, 3.63) is 72.2 Å². The van der Waals surface area contributed by atoms with Crippen LogP contribution in [0.1, 0.15) is 10.5 Å². The van der Waals surface area contributed by atoms with Crippen molar-refractivity contribution in [1.82, 2.24) is 25.8 Å². The predicted octanol–water partition coefficient (Wildman–Crippen LogP) is 0.955. The summed E-state index contributed by atoms with van der Waals surface area (Å²) >= 11 is 0. The van der Waals surface area contributed by atoms with Crippen molar-refractivity contribution in [1.29, 1.82) is 0 Å². The lowest BCUT2D eigenvalue weighted by Crippen LogP contribution is -2.46. The minimum absolute atomic E-state index is 0.0936. The molecule has 0 aliphatic carbocycles. The van der Waals surface area contributed by atoms with Crippen LogP contribution in [0.2, 0.25) is 0 Å². The quantitative estimate of drug-likeness (QED) is 0.443. The van der Waals surface area contributed by atoms with E-state index in [9.17, 15) is 22.4 Å². The molecule has 2 amide bonds. The molecule has 3 rings (SSSR count). The van der Waals surface area contributed by atoms with Gasteiger partial charge in [0.2, 0.25) is 10.0 Å². The Morgan fingerprint density at radius 1 is 1.00 bits per heavy atom. The number of halogens is 1. The van der Waals surface area contributed by atoms with Crippen LogP contribution in [-0.4, -0.2) is 37.0 Å². The molecule has 0 aliphatic heterocycles. The summed E-state index contributed by atoms with van der Waals surface area (Å²) < 4.78 is 39.6. The number of carbonyl (C=O) groups excluding carboxylic acids is 2. The second kappa shape index (κ2) is 8.63. The highest BCUT2D eigenvalue weighted by molar-refractivity contribution is 7.89. The number of nitrogens with one attached hydrogen (secondary N) is 4. The van der Waals surface area contributed by atoms with Crippen LogP contribution in [-0.2, 0) is 14.8 Å². The Kier molecular flexibility index (Phi) is 6.00. The van der Waals surface area contributed by atoms with Gasteiger partial charge in [-0.1, -0.05) is 42.5 Å². The monoisotopic (exact) mass is 417 g/mol. The molecule has 1 heterocycles. The number of nitrogens with zero attached hydrogens (tertiary/aromatic N) is 1. The number of amides is 2. The molecule has 1 aromatic heterocycles. The first-order valence-electron chi connectivity index (χ1n) is 8.31. The van der Waals surface area contributed by atoms with Gasteiger partial charge in [0.1, 0.15) is 16.4 Å². The average Bonchev–Trinajstić information content (AvgIpc) is 3.22. The molecule has 150 valence electrons. The number of aromatic amines is 1. The van der Waals surface area contributed by atoms with E-state index in [1.165, 1.54) is 18.2 Å². The van der Waals surface area contributed by atoms with E-state index >= 15 is 0 Å². The second-order valence-corrected chi connectivity index (χ2v) is 7.53. The normalized spacial score (nSPS) is 11.1. The SMILES string of the molecule is O=C(CNS(=O)(=O)c1ccccc1F)NNC(=O)c1cc(-c2ccccc2)n[nH]1. The molecule has 0 saturated heterocycles. The lowest BCUT2D eigenvalue weighted by atomic mass is 10.1. The number of rotatable bonds is 6. The first-order chi connectivity index (χ1) is 13.9. The maximum atomic E-state index is 13.6. The molecule has 0 radical (unpaired) electrons. The molecule has 2 aromatic carbocycles. The molecular formula is C18H16FN5O4S. The maximum Gasteiger partial charge on any atom is 0.287 e. The molecule has 0 aliphatic rings. The van der Waals surface area contributed by atoms with Crippen LogP contribution in [0.3, 0.4) is 0 Å². The smallest absolute Gasteiger partial charge is 0.272 e. The van der Waals surface area contributed by atoms with Gasteiger partial charge in [-0.3, -0.25) is 25.5 Å². The number of hydrazine groups is 1. The van der Waals surface area contributed by atoms with Crippen molar-refractivity contribution in [2.45, 2.75) is 4.90 Å². The van der Waals surface area contributed by atoms with E-state index in [1.54, 1.807) is 0 Å². The Bertz CT molecular complexity index is 1130. The van der Waals surface area contributed by atoms with Gasteiger partial charge < -0.3 is 0 Å². The Balaban J connectivity index is 1.53. The molecule has 9 nitrogen and oxygen atoms in total. The zero-order valence-electron chi connectivity index (χ0n) is 14.8. The fraction of sp³-hybridized carbons (Fsp3) is 0.0556. The topological polar surface area (TPSA) is 133 Å². The van der Waals surface area contributed by atoms with Crippen LogP contribution in [0, 0.1) is 5.82 Å². The van der Waals surface area contributed by atoms with Crippen LogP contribution in [0.15, 0.2) is 65.6 Å². The van der Waals surface area contributed by atoms with Crippen LogP contribution < -0.4 is 15.6 Å². The molecule has 4 N–H and O–H groups in total. The molecule has 29 heavy (non-hydrogen) atoms. The molecule has 0 saturated carbocycles. The van der Waals surface area contributed by atoms with Gasteiger partial charge in [0.25, 0.3) is 11.8 Å². The van der Waals surface area contributed by atoms with Crippen LogP contribution >= 0.6 is 0 Å². The Morgan fingerprint density at radius 3 is 2.41 bits per heavy atom. The van der Waals surface area contributed by atoms with E-state index in [2.05, 4.69) is 21.0 Å². The fourth-order valence-corrected chi connectivity index (χ4v) is 3.39. The zero-order chi connectivity index (χ0) is 20.9. The van der Waals surface area contributed by atoms with E-state index in [0.717, 1.165) is 17.7 Å². The van der Waals surface area contributed by atoms with Gasteiger partial charge in [-0.2, -0.15) is 5.10 Å². The summed E-state index contributed by atoms with van der Waals surface area (Å²) in [5, 5.41) is 6.56. The van der Waals surface area contributed by atoms with E-state index < -0.39 is 39.1 Å². The van der Waals surface area contributed by atoms with Gasteiger partial charge in [0.15, 0.2) is 0 Å². The van der Waals surface area contributed by atoms with Gasteiger partial charge >= 0.3 is 0 Å². The highest BCUT2D eigenvalue weighted by Gasteiger charge is 2.19. The summed E-state index contributed by atoms with van der Waals surface area (Å²) in [6.45, 7) is -0.699. The van der Waals surface area contributed by atoms with Gasteiger partial charge in [0.05, 0.1) is 12.2 Å². The van der Waals surface area contributed by atoms with Crippen molar-refractivity contribution in [2.24, 2.45) is 0 Å². The largest absolute Gasteiger partial charge is 0.287 e. The lowest BCUT2D eigenvalue weighted by molar-refractivity contribution is -0.120. The van der Waals surface area contributed by atoms with Crippen molar-refractivity contribution in [3.8, 4) is 11.3 Å². The average molecular weight is 417 g/mol. The predicted molar refractivity (Wildman–Crippen MR) is 101 cm³/mol. The standard InChI is InChI=1S/C18H16FN5O4S/c19-13-8-4-5-9-16(13)29(27,28)20-11-17(25)23-24-18(26)15-10-14(21-22-15)12-6-2-1-3-7-12/h1-10,20H,11H2,(H,21,22)(H,23,25)(H,24,26). The molecule has 11 heteroatoms. The number of sulfonamides is 1. The zero-order valence-corrected chi connectivity index (χ0v) is 15.7. The maximum absolute atomic E-state index is 13.6. The van der Waals surface area contributed by atoms with Crippen LogP contribution in [0.25, 0.3) is 11.3 Å². The summed E-state index contributed by atoms with van der Waals surface area (Å²) in [5.74, 6) is -2.46. The molecule has 0 fully saturated rings. The minimum Gasteiger partial charge on any atom is -0.272 e. The van der Waals surface area contributed by atoms with Crippen LogP contribution in [0.4, 0.5) is 4.39 Å². The number of hydrogen-bond acceptors (Lipinski definition) is 5. The Hall–Kier alpha value is -3.57. The van der Waals surface area contributed by atoms with Crippen molar-refractivity contribution < 1.29 is 22.4 Å². The second-order valence-electron chi connectivity index (χ2n) is 5.79. The number of hydrogen-bond donors (Lipinski definition) is 4. The van der Waals surface area contributed by atoms with E-state index in [0.29, 0.717) is 5.69 Å². The molecule has 0 spiro atoms. The summed E-state index contributed by atoms with van der Waals surface area (Å²) in [6, 6.07) is 15.4. The van der Waals surface area contributed by atoms with Crippen molar-refractivity contribution >= 4 is 21.8 Å². The van der Waals surface area contributed by atoms with Gasteiger partial charge in [-0.15, -0.1) is 0 Å². The van der Waals surface area contributed by atoms with Crippen molar-refractivity contribution in [2.75, 3.05) is 6.54 Å². The van der Waals surface area contributed by atoms with E-state index in [-0.39, 0.29) is 5.69 Å². The summed E-state index contributed by atoms with van der Waals surface area (Å²) in [5.41, 5.74) is 5.63. The number of carbonyl (C=O) groups is 2. The Labute approximate surface area is 165 Å². The number of benzene rings is 2. The van der Waals surface area contributed by atoms with Gasteiger partial charge in [-0.25, -0.2) is 17.5 Å². The van der Waals surface area contributed by atoms with Crippen molar-refractivity contribution in [3.63, 3.8) is 0 Å². The summed E-state index contributed by atoms with van der Waals surface area (Å²) in [4.78, 5) is 23.3. The lowest BCUT2D eigenvalue weighted by Gasteiger charge is -2.09. The molecular weight excluding hydrogens is 401 g/mol. The third-order valence-electron chi connectivity index (χ3n) is 3.76. The van der Waals surface area contributed by atoms with Crippen LogP contribution in [0.5, 0.6) is 0 Å². The highest BCUT2D eigenvalue weighted by atomic mass is 32.2. The van der Waals surface area contributed by atoms with E-state index in [4.69, 9.17) is 0 Å². The van der Waals surface area contributed by atoms with E-state index in [1.807, 2.05) is 35.1 Å². The molecule has 3 aromatic rings. The van der Waals surface area contributed by atoms with Gasteiger partial charge in [-0.05, 0) is 18.2 Å². The number of H-pyrrole nitrogens is 1. The molecule has 0 bridgehead atoms. The summed E-state index contributed by atoms with van der Waals surface area (Å²) in [6.07, 6.45) is 0.